The summed E-state index contributed by atoms with van der Waals surface area (Å²) in [5.74, 6) is 1.95. The number of nitrogens with zero attached hydrogens (tertiary/aromatic N) is 4. The third kappa shape index (κ3) is 4.25. The maximum absolute atomic E-state index is 5.14. The molecule has 3 aromatic heterocycles. The summed E-state index contributed by atoms with van der Waals surface area (Å²) >= 11 is 1.81. The average molecular weight is 631 g/mol. The fourth-order valence-electron chi connectivity index (χ4n) is 7.00. The Hall–Kier alpha value is -6.17. The van der Waals surface area contributed by atoms with Gasteiger partial charge in [0.2, 0.25) is 0 Å². The van der Waals surface area contributed by atoms with Gasteiger partial charge in [0.1, 0.15) is 0 Å². The molecule has 5 heteroatoms. The number of hydrogen-bond donors (Lipinski definition) is 0. The second-order valence-electron chi connectivity index (χ2n) is 12.1. The van der Waals surface area contributed by atoms with E-state index in [0.29, 0.717) is 17.5 Å². The fraction of sp³-hybridized carbons (Fsp3) is 0. The Morgan fingerprint density at radius 1 is 0.396 bits per heavy atom. The summed E-state index contributed by atoms with van der Waals surface area (Å²) in [6, 6.07) is 55.6. The van der Waals surface area contributed by atoms with Gasteiger partial charge in [-0.1, -0.05) is 115 Å². The van der Waals surface area contributed by atoms with Crippen molar-refractivity contribution in [1.82, 2.24) is 19.5 Å². The van der Waals surface area contributed by atoms with Gasteiger partial charge in [0.15, 0.2) is 17.5 Å². The Labute approximate surface area is 280 Å². The molecule has 224 valence electrons. The van der Waals surface area contributed by atoms with Gasteiger partial charge in [-0.15, -0.1) is 11.3 Å². The summed E-state index contributed by atoms with van der Waals surface area (Å²) < 4.78 is 4.91. The third-order valence-electron chi connectivity index (χ3n) is 9.22. The number of hydrogen-bond acceptors (Lipinski definition) is 4. The van der Waals surface area contributed by atoms with Crippen molar-refractivity contribution < 1.29 is 0 Å². The number of rotatable bonds is 4. The molecule has 10 rings (SSSR count). The van der Waals surface area contributed by atoms with E-state index < -0.39 is 0 Å². The molecule has 0 unspecified atom stereocenters. The van der Waals surface area contributed by atoms with Crippen molar-refractivity contribution in [2.75, 3.05) is 0 Å². The van der Waals surface area contributed by atoms with Gasteiger partial charge in [-0.05, 0) is 47.9 Å². The number of benzene rings is 7. The molecule has 7 aromatic carbocycles. The Morgan fingerprint density at radius 3 is 1.90 bits per heavy atom. The van der Waals surface area contributed by atoms with Crippen LogP contribution in [0.3, 0.4) is 0 Å². The molecule has 0 aliphatic carbocycles. The van der Waals surface area contributed by atoms with Gasteiger partial charge in [-0.3, -0.25) is 0 Å². The van der Waals surface area contributed by atoms with Gasteiger partial charge in [0, 0.05) is 58.7 Å². The van der Waals surface area contributed by atoms with Gasteiger partial charge in [-0.2, -0.15) is 0 Å². The van der Waals surface area contributed by atoms with Crippen LogP contribution in [0.5, 0.6) is 0 Å². The molecular formula is C43H26N4S. The van der Waals surface area contributed by atoms with Crippen LogP contribution in [0.4, 0.5) is 0 Å². The van der Waals surface area contributed by atoms with Crippen LogP contribution in [-0.4, -0.2) is 19.5 Å². The number of para-hydroxylation sites is 1. The van der Waals surface area contributed by atoms with Crippen LogP contribution >= 0.6 is 11.3 Å². The first-order valence-corrected chi connectivity index (χ1v) is 16.9. The zero-order valence-electron chi connectivity index (χ0n) is 25.7. The predicted octanol–water partition coefficient (Wildman–Crippen LogP) is 11.5. The minimum absolute atomic E-state index is 0.640. The van der Waals surface area contributed by atoms with Crippen molar-refractivity contribution in [3.63, 3.8) is 0 Å². The molecule has 0 aliphatic heterocycles. The molecule has 0 spiro atoms. The van der Waals surface area contributed by atoms with Crippen LogP contribution in [0.1, 0.15) is 0 Å². The largest absolute Gasteiger partial charge is 0.309 e. The summed E-state index contributed by atoms with van der Waals surface area (Å²) in [6.45, 7) is 0. The molecule has 0 aliphatic rings. The zero-order chi connectivity index (χ0) is 31.6. The van der Waals surface area contributed by atoms with Crippen LogP contribution in [-0.2, 0) is 0 Å². The molecule has 0 amide bonds. The van der Waals surface area contributed by atoms with Gasteiger partial charge < -0.3 is 4.57 Å². The zero-order valence-corrected chi connectivity index (χ0v) is 26.5. The highest BCUT2D eigenvalue weighted by molar-refractivity contribution is 7.25. The normalized spacial score (nSPS) is 11.8. The minimum Gasteiger partial charge on any atom is -0.309 e. The standard InChI is InChI=1S/C43H26N4S/c1-2-12-28(13-3-1)41-44-42(46-43(45-41)30-22-24-39-36(26-30)34-18-7-9-20-38(34)48-39)29-14-10-15-31(25-29)47-37-19-8-6-17-33(37)35-23-21-27-11-4-5-16-32(27)40(35)47/h1-26H. The quantitative estimate of drug-likeness (QED) is 0.194. The maximum Gasteiger partial charge on any atom is 0.164 e. The molecule has 10 aromatic rings. The van der Waals surface area contributed by atoms with E-state index >= 15 is 0 Å². The molecule has 0 saturated heterocycles. The average Bonchev–Trinajstić information content (AvgIpc) is 3.71. The monoisotopic (exact) mass is 630 g/mol. The molecule has 0 N–H and O–H groups in total. The Bertz CT molecular complexity index is 2850. The highest BCUT2D eigenvalue weighted by Crippen LogP contribution is 2.38. The lowest BCUT2D eigenvalue weighted by atomic mass is 10.1. The molecule has 3 heterocycles. The predicted molar refractivity (Wildman–Crippen MR) is 201 cm³/mol. The van der Waals surface area contributed by atoms with Crippen molar-refractivity contribution in [1.29, 1.82) is 0 Å². The second kappa shape index (κ2) is 10.7. The second-order valence-corrected chi connectivity index (χ2v) is 13.2. The number of thiophene rings is 1. The summed E-state index contributed by atoms with van der Waals surface area (Å²) in [4.78, 5) is 15.2. The Morgan fingerprint density at radius 2 is 1.04 bits per heavy atom. The maximum atomic E-state index is 5.14. The van der Waals surface area contributed by atoms with Crippen molar-refractivity contribution in [3.8, 4) is 39.9 Å². The van der Waals surface area contributed by atoms with E-state index in [9.17, 15) is 0 Å². The first-order chi connectivity index (χ1) is 23.8. The molecule has 0 atom stereocenters. The van der Waals surface area contributed by atoms with E-state index in [2.05, 4.69) is 144 Å². The summed E-state index contributed by atoms with van der Waals surface area (Å²) in [7, 11) is 0. The minimum atomic E-state index is 0.640. The summed E-state index contributed by atoms with van der Waals surface area (Å²) in [5, 5.41) is 7.38. The van der Waals surface area contributed by atoms with Crippen molar-refractivity contribution in [3.05, 3.63) is 158 Å². The van der Waals surface area contributed by atoms with Crippen LogP contribution in [0, 0.1) is 0 Å². The molecule has 0 radical (unpaired) electrons. The molecular weight excluding hydrogens is 605 g/mol. The first-order valence-electron chi connectivity index (χ1n) is 16.0. The summed E-state index contributed by atoms with van der Waals surface area (Å²) in [6.07, 6.45) is 0. The van der Waals surface area contributed by atoms with Gasteiger partial charge in [0.25, 0.3) is 0 Å². The van der Waals surface area contributed by atoms with E-state index in [-0.39, 0.29) is 0 Å². The molecule has 0 bridgehead atoms. The van der Waals surface area contributed by atoms with Crippen LogP contribution < -0.4 is 0 Å². The molecule has 4 nitrogen and oxygen atoms in total. The van der Waals surface area contributed by atoms with Crippen LogP contribution in [0.15, 0.2) is 158 Å². The Kier molecular flexibility index (Phi) is 6.01. The van der Waals surface area contributed by atoms with Gasteiger partial charge in [-0.25, -0.2) is 15.0 Å². The van der Waals surface area contributed by atoms with Gasteiger partial charge in [0.05, 0.1) is 11.0 Å². The van der Waals surface area contributed by atoms with E-state index in [4.69, 9.17) is 15.0 Å². The van der Waals surface area contributed by atoms with Crippen molar-refractivity contribution in [2.24, 2.45) is 0 Å². The molecule has 48 heavy (non-hydrogen) atoms. The topological polar surface area (TPSA) is 43.6 Å². The van der Waals surface area contributed by atoms with E-state index in [0.717, 1.165) is 22.4 Å². The lowest BCUT2D eigenvalue weighted by Gasteiger charge is -2.12. The van der Waals surface area contributed by atoms with Crippen LogP contribution in [0.25, 0.3) is 92.6 Å². The highest BCUT2D eigenvalue weighted by Gasteiger charge is 2.17. The van der Waals surface area contributed by atoms with E-state index in [1.165, 1.54) is 52.8 Å². The smallest absolute Gasteiger partial charge is 0.164 e. The lowest BCUT2D eigenvalue weighted by molar-refractivity contribution is 1.07. The number of fused-ring (bicyclic) bond motifs is 8. The first kappa shape index (κ1) is 27.0. The lowest BCUT2D eigenvalue weighted by Crippen LogP contribution is -2.01. The molecule has 0 saturated carbocycles. The van der Waals surface area contributed by atoms with E-state index in [1.807, 2.05) is 29.5 Å². The van der Waals surface area contributed by atoms with Crippen LogP contribution in [0.2, 0.25) is 0 Å². The molecule has 0 fully saturated rings. The SMILES string of the molecule is c1ccc(-c2nc(-c3cccc(-n4c5ccccc5c5ccc6ccccc6c54)c3)nc(-c3ccc4sc5ccccc5c4c3)n2)cc1. The fourth-order valence-corrected chi connectivity index (χ4v) is 8.08. The highest BCUT2D eigenvalue weighted by atomic mass is 32.1. The third-order valence-corrected chi connectivity index (χ3v) is 10.4. The van der Waals surface area contributed by atoms with Crippen molar-refractivity contribution in [2.45, 2.75) is 0 Å². The van der Waals surface area contributed by atoms with E-state index in [1.54, 1.807) is 0 Å². The Balaban J connectivity index is 1.19. The van der Waals surface area contributed by atoms with Gasteiger partial charge >= 0.3 is 0 Å². The summed E-state index contributed by atoms with van der Waals surface area (Å²) in [5.41, 5.74) is 6.28. The van der Waals surface area contributed by atoms with Crippen molar-refractivity contribution >= 4 is 64.1 Å². The number of aromatic nitrogens is 4.